The van der Waals surface area contributed by atoms with E-state index in [2.05, 4.69) is 91.3 Å². The zero-order valence-electron chi connectivity index (χ0n) is 23.8. The Morgan fingerprint density at radius 3 is 2.42 bits per heavy atom. The molecule has 0 spiro atoms. The van der Waals surface area contributed by atoms with E-state index in [0.29, 0.717) is 23.9 Å². The molecule has 6 heteroatoms. The van der Waals surface area contributed by atoms with E-state index in [4.69, 9.17) is 4.98 Å². The fraction of sp³-hybridized carbons (Fsp3) is 0.531. The van der Waals surface area contributed by atoms with Gasteiger partial charge in [-0.15, -0.1) is 0 Å². The van der Waals surface area contributed by atoms with Crippen LogP contribution in [0.3, 0.4) is 0 Å². The van der Waals surface area contributed by atoms with Crippen molar-refractivity contribution in [3.8, 4) is 5.75 Å². The zero-order valence-corrected chi connectivity index (χ0v) is 23.8. The van der Waals surface area contributed by atoms with Gasteiger partial charge in [-0.3, -0.25) is 14.8 Å². The Morgan fingerprint density at radius 2 is 1.76 bits per heavy atom. The molecule has 3 aromatic rings. The number of benzene rings is 2. The lowest BCUT2D eigenvalue weighted by atomic mass is 9.79. The van der Waals surface area contributed by atoms with Crippen molar-refractivity contribution in [2.45, 2.75) is 70.1 Å². The number of pyridine rings is 1. The van der Waals surface area contributed by atoms with Crippen LogP contribution in [0, 0.1) is 0 Å². The van der Waals surface area contributed by atoms with Crippen LogP contribution in [0.4, 0.5) is 5.69 Å². The molecule has 1 aromatic heterocycles. The van der Waals surface area contributed by atoms with Gasteiger partial charge in [0.1, 0.15) is 5.75 Å². The number of hydrogen-bond acceptors (Lipinski definition) is 6. The van der Waals surface area contributed by atoms with Crippen LogP contribution < -0.4 is 10.2 Å². The summed E-state index contributed by atoms with van der Waals surface area (Å²) in [6.45, 7) is 10.9. The minimum absolute atomic E-state index is 0.0597. The molecule has 2 aliphatic heterocycles. The van der Waals surface area contributed by atoms with Crippen molar-refractivity contribution < 1.29 is 5.11 Å². The van der Waals surface area contributed by atoms with E-state index in [1.807, 2.05) is 12.1 Å². The number of rotatable bonds is 7. The van der Waals surface area contributed by atoms with Crippen LogP contribution in [0.15, 0.2) is 54.6 Å². The molecule has 2 fully saturated rings. The third-order valence-corrected chi connectivity index (χ3v) is 8.82. The third kappa shape index (κ3) is 5.40. The maximum atomic E-state index is 10.1. The number of nitrogens with zero attached hydrogens (tertiary/aromatic N) is 4. The highest BCUT2D eigenvalue weighted by atomic mass is 16.3. The Balaban J connectivity index is 1.34. The highest BCUT2D eigenvalue weighted by Crippen LogP contribution is 2.40. The van der Waals surface area contributed by atoms with E-state index in [1.54, 1.807) is 6.07 Å². The largest absolute Gasteiger partial charge is 0.508 e. The normalized spacial score (nSPS) is 23.2. The maximum Gasteiger partial charge on any atom is 0.115 e. The van der Waals surface area contributed by atoms with Crippen LogP contribution in [0.1, 0.15) is 63.8 Å². The Kier molecular flexibility index (Phi) is 7.94. The lowest BCUT2D eigenvalue weighted by molar-refractivity contribution is 0.114. The molecule has 2 N–H and O–H groups in total. The molecule has 204 valence electrons. The van der Waals surface area contributed by atoms with Gasteiger partial charge in [-0.05, 0) is 89.2 Å². The lowest BCUT2D eigenvalue weighted by Gasteiger charge is -2.47. The van der Waals surface area contributed by atoms with E-state index >= 15 is 0 Å². The van der Waals surface area contributed by atoms with Gasteiger partial charge in [-0.25, -0.2) is 0 Å². The fourth-order valence-corrected chi connectivity index (χ4v) is 6.85. The van der Waals surface area contributed by atoms with Gasteiger partial charge < -0.3 is 15.3 Å². The van der Waals surface area contributed by atoms with Crippen LogP contribution in [0.2, 0.25) is 0 Å². The molecule has 2 saturated heterocycles. The average molecular weight is 516 g/mol. The summed E-state index contributed by atoms with van der Waals surface area (Å²) < 4.78 is 0. The topological polar surface area (TPSA) is 54.9 Å². The standard InChI is InChI=1S/C32H45N5O/c1-6-8-31(37-21-23(2)33-24(3)22-37)30-13-11-25-19-27(12-14-29(25)34-30)36-17-15-32(16-18-36,35(4)5)26-9-7-10-28(38)20-26/h7,9-14,19-20,23-24,31,33,38H,6,8,15-18,21-22H2,1-5H3/t23-,24+,31?. The minimum Gasteiger partial charge on any atom is -0.508 e. The summed E-state index contributed by atoms with van der Waals surface area (Å²) in [7, 11) is 4.32. The van der Waals surface area contributed by atoms with Gasteiger partial charge in [0.15, 0.2) is 0 Å². The Labute approximate surface area is 228 Å². The summed E-state index contributed by atoms with van der Waals surface area (Å²) >= 11 is 0. The number of aromatic hydroxyl groups is 1. The average Bonchev–Trinajstić information content (AvgIpc) is 2.90. The second kappa shape index (κ2) is 11.2. The van der Waals surface area contributed by atoms with E-state index < -0.39 is 0 Å². The number of piperidine rings is 1. The van der Waals surface area contributed by atoms with E-state index in [0.717, 1.165) is 57.4 Å². The molecule has 6 nitrogen and oxygen atoms in total. The molecule has 3 heterocycles. The first-order valence-electron chi connectivity index (χ1n) is 14.4. The number of aromatic nitrogens is 1. The number of piperazine rings is 1. The summed E-state index contributed by atoms with van der Waals surface area (Å²) in [6, 6.07) is 20.5. The first kappa shape index (κ1) is 26.9. The van der Waals surface area contributed by atoms with Gasteiger partial charge in [0.25, 0.3) is 0 Å². The Bertz CT molecular complexity index is 1230. The summed E-state index contributed by atoms with van der Waals surface area (Å²) in [5, 5.41) is 15.0. The summed E-state index contributed by atoms with van der Waals surface area (Å²) in [4.78, 5) is 12.7. The molecule has 1 unspecified atom stereocenters. The molecule has 2 aliphatic rings. The molecule has 3 atom stereocenters. The molecule has 38 heavy (non-hydrogen) atoms. The minimum atomic E-state index is -0.0597. The van der Waals surface area contributed by atoms with Crippen LogP contribution in [0.5, 0.6) is 5.75 Å². The zero-order chi connectivity index (χ0) is 26.9. The van der Waals surface area contributed by atoms with E-state index in [9.17, 15) is 5.11 Å². The highest BCUT2D eigenvalue weighted by Gasteiger charge is 2.38. The van der Waals surface area contributed by atoms with Crippen molar-refractivity contribution >= 4 is 16.6 Å². The predicted octanol–water partition coefficient (Wildman–Crippen LogP) is 5.52. The first-order chi connectivity index (χ1) is 18.3. The van der Waals surface area contributed by atoms with Crippen molar-refractivity contribution in [1.82, 2.24) is 20.1 Å². The molecule has 0 aliphatic carbocycles. The smallest absolute Gasteiger partial charge is 0.115 e. The SMILES string of the molecule is CCCC(c1ccc2cc(N3CCC(c4cccc(O)c4)(N(C)C)CC3)ccc2n1)N1C[C@@H](C)N[C@@H](C)C1. The molecule has 0 bridgehead atoms. The van der Waals surface area contributed by atoms with Crippen molar-refractivity contribution in [2.75, 3.05) is 45.2 Å². The summed E-state index contributed by atoms with van der Waals surface area (Å²) in [6.07, 6.45) is 4.32. The van der Waals surface area contributed by atoms with Crippen molar-refractivity contribution in [3.63, 3.8) is 0 Å². The van der Waals surface area contributed by atoms with Crippen LogP contribution >= 0.6 is 0 Å². The molecular weight excluding hydrogens is 470 g/mol. The lowest BCUT2D eigenvalue weighted by Crippen LogP contribution is -2.55. The van der Waals surface area contributed by atoms with E-state index in [1.165, 1.54) is 22.3 Å². The molecule has 0 radical (unpaired) electrons. The molecule has 0 saturated carbocycles. The van der Waals surface area contributed by atoms with Crippen molar-refractivity contribution in [3.05, 3.63) is 65.9 Å². The predicted molar refractivity (Wildman–Crippen MR) is 158 cm³/mol. The highest BCUT2D eigenvalue weighted by molar-refractivity contribution is 5.83. The summed E-state index contributed by atoms with van der Waals surface area (Å²) in [5.74, 6) is 0.342. The number of anilines is 1. The number of fused-ring (bicyclic) bond motifs is 1. The maximum absolute atomic E-state index is 10.1. The monoisotopic (exact) mass is 515 g/mol. The fourth-order valence-electron chi connectivity index (χ4n) is 6.85. The summed E-state index contributed by atoms with van der Waals surface area (Å²) in [5.41, 5.74) is 4.70. The molecular formula is C32H45N5O. The van der Waals surface area contributed by atoms with Gasteiger partial charge in [0, 0.05) is 54.9 Å². The van der Waals surface area contributed by atoms with Crippen molar-refractivity contribution in [2.24, 2.45) is 0 Å². The van der Waals surface area contributed by atoms with Crippen LogP contribution in [-0.2, 0) is 5.54 Å². The van der Waals surface area contributed by atoms with Gasteiger partial charge in [0.2, 0.25) is 0 Å². The van der Waals surface area contributed by atoms with Crippen LogP contribution in [0.25, 0.3) is 10.9 Å². The van der Waals surface area contributed by atoms with Gasteiger partial charge in [0.05, 0.1) is 17.3 Å². The molecule has 5 rings (SSSR count). The molecule has 2 aromatic carbocycles. The van der Waals surface area contributed by atoms with Gasteiger partial charge >= 0.3 is 0 Å². The van der Waals surface area contributed by atoms with Gasteiger partial charge in [-0.1, -0.05) is 31.5 Å². The number of phenols is 1. The quantitative estimate of drug-likeness (QED) is 0.432. The molecule has 0 amide bonds. The second-order valence-corrected chi connectivity index (χ2v) is 11.8. The first-order valence-corrected chi connectivity index (χ1v) is 14.4. The van der Waals surface area contributed by atoms with Crippen molar-refractivity contribution in [1.29, 1.82) is 0 Å². The van der Waals surface area contributed by atoms with Crippen LogP contribution in [-0.4, -0.2) is 72.2 Å². The number of phenolic OH excluding ortho intramolecular Hbond substituents is 1. The number of hydrogen-bond donors (Lipinski definition) is 2. The number of nitrogens with one attached hydrogen (secondary N) is 1. The Morgan fingerprint density at radius 1 is 1.03 bits per heavy atom. The Hall–Kier alpha value is -2.67. The second-order valence-electron chi connectivity index (χ2n) is 11.8. The van der Waals surface area contributed by atoms with Gasteiger partial charge in [-0.2, -0.15) is 0 Å². The third-order valence-electron chi connectivity index (χ3n) is 8.82. The van der Waals surface area contributed by atoms with E-state index in [-0.39, 0.29) is 5.54 Å².